The number of carbonyl (C=O) groups is 4. The van der Waals surface area contributed by atoms with E-state index in [0.29, 0.717) is 19.3 Å². The summed E-state index contributed by atoms with van der Waals surface area (Å²) in [5, 5.41) is 0. The van der Waals surface area contributed by atoms with Crippen LogP contribution in [-0.4, -0.2) is 53.4 Å². The highest BCUT2D eigenvalue weighted by Crippen LogP contribution is 2.79. The lowest BCUT2D eigenvalue weighted by molar-refractivity contribution is -0.277. The Morgan fingerprint density at radius 2 is 1.62 bits per heavy atom. The lowest BCUT2D eigenvalue weighted by Crippen LogP contribution is -2.74. The number of hydrogen-bond acceptors (Lipinski definition) is 10. The molecule has 3 aliphatic heterocycles. The number of epoxide rings is 1. The molecule has 10 atom stereocenters. The molecular formula is C30H38O10. The van der Waals surface area contributed by atoms with Gasteiger partial charge < -0.3 is 28.1 Å². The van der Waals surface area contributed by atoms with Crippen molar-refractivity contribution in [2.45, 2.75) is 110 Å². The molecule has 3 saturated heterocycles. The Bertz CT molecular complexity index is 1270. The van der Waals surface area contributed by atoms with Gasteiger partial charge in [0.25, 0.3) is 0 Å². The molecule has 218 valence electrons. The van der Waals surface area contributed by atoms with E-state index in [2.05, 4.69) is 13.8 Å². The molecule has 2 saturated carbocycles. The zero-order valence-electron chi connectivity index (χ0n) is 24.1. The number of ether oxygens (including phenoxy) is 5. The van der Waals surface area contributed by atoms with Crippen LogP contribution >= 0.6 is 0 Å². The van der Waals surface area contributed by atoms with Crippen molar-refractivity contribution in [3.63, 3.8) is 0 Å². The smallest absolute Gasteiger partial charge is 0.339 e. The number of rotatable bonds is 3. The summed E-state index contributed by atoms with van der Waals surface area (Å²) in [7, 11) is 0. The first-order valence-corrected chi connectivity index (χ1v) is 14.1. The van der Waals surface area contributed by atoms with Crippen molar-refractivity contribution in [3.8, 4) is 0 Å². The lowest BCUT2D eigenvalue weighted by atomic mass is 9.36. The van der Waals surface area contributed by atoms with Gasteiger partial charge in [0.2, 0.25) is 0 Å². The predicted octanol–water partition coefficient (Wildman–Crippen LogP) is 4.05. The highest BCUT2D eigenvalue weighted by molar-refractivity contribution is 5.82. The van der Waals surface area contributed by atoms with Crippen molar-refractivity contribution in [2.24, 2.45) is 28.1 Å². The molecule has 0 aromatic carbocycles. The molecule has 2 aliphatic carbocycles. The molecule has 0 unspecified atom stereocenters. The number of carbonyl (C=O) groups excluding carboxylic acids is 4. The third kappa shape index (κ3) is 3.25. The molecule has 1 aromatic heterocycles. The van der Waals surface area contributed by atoms with Gasteiger partial charge in [0.05, 0.1) is 18.9 Å². The van der Waals surface area contributed by atoms with Gasteiger partial charge in [-0.3, -0.25) is 14.4 Å². The van der Waals surface area contributed by atoms with Crippen molar-refractivity contribution in [1.29, 1.82) is 0 Å². The molecule has 0 N–H and O–H groups in total. The monoisotopic (exact) mass is 558 g/mol. The van der Waals surface area contributed by atoms with Crippen LogP contribution in [0.5, 0.6) is 0 Å². The van der Waals surface area contributed by atoms with Gasteiger partial charge in [-0.1, -0.05) is 20.8 Å². The van der Waals surface area contributed by atoms with E-state index in [1.165, 1.54) is 13.8 Å². The number of hydrogen-bond donors (Lipinski definition) is 0. The van der Waals surface area contributed by atoms with E-state index in [1.807, 2.05) is 20.8 Å². The van der Waals surface area contributed by atoms with Gasteiger partial charge >= 0.3 is 23.9 Å². The van der Waals surface area contributed by atoms with E-state index >= 15 is 0 Å². The molecule has 40 heavy (non-hydrogen) atoms. The average Bonchev–Trinajstić information content (AvgIpc) is 3.42. The molecule has 10 heteroatoms. The Labute approximate surface area is 233 Å². The molecule has 0 amide bonds. The highest BCUT2D eigenvalue weighted by Gasteiger charge is 2.89. The molecule has 6 rings (SSSR count). The predicted molar refractivity (Wildman–Crippen MR) is 136 cm³/mol. The van der Waals surface area contributed by atoms with Gasteiger partial charge in [-0.2, -0.15) is 0 Å². The van der Waals surface area contributed by atoms with Gasteiger partial charge in [-0.15, -0.1) is 0 Å². The Balaban J connectivity index is 1.57. The molecular weight excluding hydrogens is 520 g/mol. The van der Waals surface area contributed by atoms with Crippen molar-refractivity contribution in [3.05, 3.63) is 24.2 Å². The molecule has 4 heterocycles. The van der Waals surface area contributed by atoms with Crippen LogP contribution in [0.15, 0.2) is 23.0 Å². The SMILES string of the molecule is CC(=O)O[C@H]1CC(=O)OC(C)(C)[C@@H]2C[C@@H](OC(C)=O)[C@]3(C)[C@H](CC[C@@]4(C)[C@H](c5ccoc5)OC(=O)[C@H]5O[C@@]534)[C@]12C. The number of esters is 4. The fraction of sp³-hybridized carbons (Fsp3) is 0.733. The highest BCUT2D eigenvalue weighted by atomic mass is 16.7. The van der Waals surface area contributed by atoms with Gasteiger partial charge in [-0.25, -0.2) is 4.79 Å². The second-order valence-electron chi connectivity index (χ2n) is 13.5. The topological polar surface area (TPSA) is 131 Å². The summed E-state index contributed by atoms with van der Waals surface area (Å²) < 4.78 is 36.0. The van der Waals surface area contributed by atoms with Crippen LogP contribution in [-0.2, 0) is 42.9 Å². The first kappa shape index (κ1) is 27.3. The lowest BCUT2D eigenvalue weighted by Gasteiger charge is -2.68. The van der Waals surface area contributed by atoms with Crippen LogP contribution in [0.4, 0.5) is 0 Å². The molecule has 5 aliphatic rings. The second-order valence-corrected chi connectivity index (χ2v) is 13.5. The minimum Gasteiger partial charge on any atom is -0.472 e. The van der Waals surface area contributed by atoms with E-state index in [9.17, 15) is 19.2 Å². The van der Waals surface area contributed by atoms with Crippen molar-refractivity contribution in [2.75, 3.05) is 0 Å². The Morgan fingerprint density at radius 1 is 0.950 bits per heavy atom. The summed E-state index contributed by atoms with van der Waals surface area (Å²) >= 11 is 0. The van der Waals surface area contributed by atoms with Gasteiger partial charge in [0.15, 0.2) is 6.10 Å². The largest absolute Gasteiger partial charge is 0.472 e. The molecule has 1 aromatic rings. The van der Waals surface area contributed by atoms with E-state index in [1.54, 1.807) is 18.6 Å². The Hall–Kier alpha value is -2.88. The van der Waals surface area contributed by atoms with Crippen molar-refractivity contribution < 1.29 is 47.3 Å². The standard InChI is InChI=1S/C30H38O10/c1-15(31)36-20-13-22(33)39-26(3,4)19-12-21(37-16(2)32)29(7)18(28(19,20)6)8-10-27(5)23(17-9-11-35-14-17)38-25(34)24-30(27,29)40-24/h9,11,14,18-21,23-24H,8,10,12-13H2,1-7H3/t18-,19+,20+,21-,23+,24-,27+,28+,29+,30-/m1/s1. The van der Waals surface area contributed by atoms with E-state index < -0.39 is 75.7 Å². The first-order chi connectivity index (χ1) is 18.6. The fourth-order valence-corrected chi connectivity index (χ4v) is 9.88. The van der Waals surface area contributed by atoms with Crippen LogP contribution < -0.4 is 0 Å². The normalized spacial score (nSPS) is 46.7. The quantitative estimate of drug-likeness (QED) is 0.304. The molecule has 0 bridgehead atoms. The Kier molecular flexibility index (Phi) is 5.69. The zero-order valence-corrected chi connectivity index (χ0v) is 24.1. The third-order valence-electron chi connectivity index (χ3n) is 11.3. The number of fused-ring (bicyclic) bond motifs is 3. The molecule has 10 nitrogen and oxygen atoms in total. The van der Waals surface area contributed by atoms with E-state index in [-0.39, 0.29) is 18.3 Å². The van der Waals surface area contributed by atoms with Gasteiger partial charge in [0.1, 0.15) is 29.5 Å². The maximum atomic E-state index is 13.4. The van der Waals surface area contributed by atoms with E-state index in [0.717, 1.165) is 5.56 Å². The minimum absolute atomic E-state index is 0.0882. The summed E-state index contributed by atoms with van der Waals surface area (Å²) in [6.07, 6.45) is 1.72. The first-order valence-electron chi connectivity index (χ1n) is 14.1. The molecule has 5 fully saturated rings. The maximum absolute atomic E-state index is 13.4. The maximum Gasteiger partial charge on any atom is 0.339 e. The average molecular weight is 559 g/mol. The van der Waals surface area contributed by atoms with Crippen molar-refractivity contribution >= 4 is 23.9 Å². The molecule has 0 radical (unpaired) electrons. The zero-order chi connectivity index (χ0) is 29.0. The molecule has 1 spiro atoms. The second kappa shape index (κ2) is 8.33. The van der Waals surface area contributed by atoms with Gasteiger partial charge in [0, 0.05) is 41.6 Å². The summed E-state index contributed by atoms with van der Waals surface area (Å²) in [6.45, 7) is 12.6. The van der Waals surface area contributed by atoms with Crippen LogP contribution in [0, 0.1) is 28.1 Å². The van der Waals surface area contributed by atoms with Crippen LogP contribution in [0.2, 0.25) is 0 Å². The fourth-order valence-electron chi connectivity index (χ4n) is 9.88. The number of furan rings is 1. The Morgan fingerprint density at radius 3 is 2.25 bits per heavy atom. The van der Waals surface area contributed by atoms with Crippen LogP contribution in [0.1, 0.15) is 85.8 Å². The third-order valence-corrected chi connectivity index (χ3v) is 11.3. The number of cyclic esters (lactones) is 2. The van der Waals surface area contributed by atoms with Crippen molar-refractivity contribution in [1.82, 2.24) is 0 Å². The van der Waals surface area contributed by atoms with Gasteiger partial charge in [-0.05, 0) is 45.1 Å². The summed E-state index contributed by atoms with van der Waals surface area (Å²) in [5.41, 5.74) is -3.57. The summed E-state index contributed by atoms with van der Waals surface area (Å²) in [6, 6.07) is 1.79. The van der Waals surface area contributed by atoms with Crippen LogP contribution in [0.3, 0.4) is 0 Å². The van der Waals surface area contributed by atoms with E-state index in [4.69, 9.17) is 28.1 Å². The summed E-state index contributed by atoms with van der Waals surface area (Å²) in [5.74, 6) is -2.43. The van der Waals surface area contributed by atoms with Crippen LogP contribution in [0.25, 0.3) is 0 Å². The minimum atomic E-state index is -1.03. The summed E-state index contributed by atoms with van der Waals surface area (Å²) in [4.78, 5) is 51.5.